The van der Waals surface area contributed by atoms with Crippen molar-refractivity contribution in [3.63, 3.8) is 0 Å². The highest BCUT2D eigenvalue weighted by Gasteiger charge is 2.30. The lowest BCUT2D eigenvalue weighted by molar-refractivity contribution is -0.140. The Kier molecular flexibility index (Phi) is 6.23. The van der Waals surface area contributed by atoms with Crippen molar-refractivity contribution in [1.82, 2.24) is 0 Å². The van der Waals surface area contributed by atoms with E-state index in [1.165, 1.54) is 7.11 Å². The number of ether oxygens (including phenoxy) is 1. The lowest BCUT2D eigenvalue weighted by Gasteiger charge is -2.03. The summed E-state index contributed by atoms with van der Waals surface area (Å²) in [5.74, 6) is -0.317. The largest absolute Gasteiger partial charge is 0.469 e. The maximum Gasteiger partial charge on any atom is 0.305 e. The van der Waals surface area contributed by atoms with E-state index in [2.05, 4.69) is 4.74 Å². The Morgan fingerprint density at radius 2 is 2.11 bits per heavy atom. The predicted octanol–water partition coefficient (Wildman–Crippen LogP) is 1.65. The first-order valence-corrected chi connectivity index (χ1v) is 6.51. The van der Waals surface area contributed by atoms with Gasteiger partial charge in [0.05, 0.1) is 24.9 Å². The van der Waals surface area contributed by atoms with Crippen LogP contribution in [0.1, 0.15) is 44.9 Å². The van der Waals surface area contributed by atoms with Crippen molar-refractivity contribution in [3.8, 4) is 6.07 Å². The molecule has 0 aromatic carbocycles. The number of carbonyl (C=O) groups is 2. The molecule has 19 heavy (non-hydrogen) atoms. The lowest BCUT2D eigenvalue weighted by atomic mass is 10.0. The monoisotopic (exact) mass is 265 g/mol. The molecule has 0 fully saturated rings. The summed E-state index contributed by atoms with van der Waals surface area (Å²) >= 11 is 0. The standard InChI is InChI=1S/C14H19NO4/c1-19-14(18)7-5-3-2-4-6-10-11(9-15)13(17)8-12(10)16/h13,17H,2-8H2,1H3. The van der Waals surface area contributed by atoms with Crippen molar-refractivity contribution < 1.29 is 19.4 Å². The lowest BCUT2D eigenvalue weighted by Crippen LogP contribution is -2.04. The van der Waals surface area contributed by atoms with Crippen LogP contribution in [0, 0.1) is 11.3 Å². The molecule has 0 saturated heterocycles. The van der Waals surface area contributed by atoms with E-state index >= 15 is 0 Å². The quantitative estimate of drug-likeness (QED) is 0.558. The van der Waals surface area contributed by atoms with Crippen molar-refractivity contribution in [2.24, 2.45) is 0 Å². The van der Waals surface area contributed by atoms with Crippen LogP contribution in [0.5, 0.6) is 0 Å². The van der Waals surface area contributed by atoms with E-state index in [4.69, 9.17) is 5.26 Å². The number of unbranched alkanes of at least 4 members (excludes halogenated alkanes) is 3. The molecule has 1 aliphatic carbocycles. The summed E-state index contributed by atoms with van der Waals surface area (Å²) in [4.78, 5) is 22.4. The minimum atomic E-state index is -0.910. The maximum absolute atomic E-state index is 11.6. The van der Waals surface area contributed by atoms with Crippen molar-refractivity contribution in [2.75, 3.05) is 7.11 Å². The molecule has 1 rings (SSSR count). The molecule has 0 amide bonds. The number of hydrogen-bond donors (Lipinski definition) is 1. The van der Waals surface area contributed by atoms with Gasteiger partial charge in [0, 0.05) is 18.4 Å². The number of nitrogens with zero attached hydrogens (tertiary/aromatic N) is 1. The number of carbonyl (C=O) groups excluding carboxylic acids is 2. The smallest absolute Gasteiger partial charge is 0.305 e. The third-order valence-electron chi connectivity index (χ3n) is 3.28. The minimum absolute atomic E-state index is 0.0422. The van der Waals surface area contributed by atoms with E-state index in [9.17, 15) is 14.7 Å². The number of aliphatic hydroxyl groups excluding tert-OH is 1. The average Bonchev–Trinajstić information content (AvgIpc) is 2.67. The summed E-state index contributed by atoms with van der Waals surface area (Å²) in [6.45, 7) is 0. The zero-order valence-electron chi connectivity index (χ0n) is 11.1. The number of nitriles is 1. The molecule has 104 valence electrons. The summed E-state index contributed by atoms with van der Waals surface area (Å²) in [5.41, 5.74) is 0.725. The normalized spacial score (nSPS) is 18.6. The molecule has 0 radical (unpaired) electrons. The minimum Gasteiger partial charge on any atom is -0.469 e. The van der Waals surface area contributed by atoms with Gasteiger partial charge in [0.1, 0.15) is 0 Å². The van der Waals surface area contributed by atoms with Crippen LogP contribution in [-0.4, -0.2) is 30.1 Å². The van der Waals surface area contributed by atoms with Crippen molar-refractivity contribution in [3.05, 3.63) is 11.1 Å². The second kappa shape index (κ2) is 7.70. The van der Waals surface area contributed by atoms with Crippen LogP contribution >= 0.6 is 0 Å². The first-order valence-electron chi connectivity index (χ1n) is 6.51. The van der Waals surface area contributed by atoms with E-state index < -0.39 is 6.10 Å². The fourth-order valence-electron chi connectivity index (χ4n) is 2.20. The van der Waals surface area contributed by atoms with Crippen LogP contribution in [0.3, 0.4) is 0 Å². The summed E-state index contributed by atoms with van der Waals surface area (Å²) < 4.78 is 4.54. The van der Waals surface area contributed by atoms with Crippen LogP contribution in [0.25, 0.3) is 0 Å². The molecule has 0 aliphatic heterocycles. The van der Waals surface area contributed by atoms with E-state index in [1.807, 2.05) is 6.07 Å². The van der Waals surface area contributed by atoms with E-state index in [0.29, 0.717) is 18.4 Å². The highest BCUT2D eigenvalue weighted by molar-refractivity contribution is 6.00. The van der Waals surface area contributed by atoms with Gasteiger partial charge in [-0.25, -0.2) is 0 Å². The second-order valence-electron chi connectivity index (χ2n) is 4.64. The van der Waals surface area contributed by atoms with Crippen LogP contribution in [0.15, 0.2) is 11.1 Å². The number of aliphatic hydroxyl groups is 1. The third-order valence-corrected chi connectivity index (χ3v) is 3.28. The maximum atomic E-state index is 11.6. The molecule has 0 bridgehead atoms. The molecule has 1 unspecified atom stereocenters. The highest BCUT2D eigenvalue weighted by atomic mass is 16.5. The van der Waals surface area contributed by atoms with Crippen LogP contribution in [-0.2, 0) is 14.3 Å². The zero-order valence-corrected chi connectivity index (χ0v) is 11.1. The Bertz CT molecular complexity index is 420. The second-order valence-corrected chi connectivity index (χ2v) is 4.64. The average molecular weight is 265 g/mol. The first kappa shape index (κ1) is 15.4. The van der Waals surface area contributed by atoms with Crippen LogP contribution < -0.4 is 0 Å². The van der Waals surface area contributed by atoms with Gasteiger partial charge in [-0.1, -0.05) is 12.8 Å². The first-order chi connectivity index (χ1) is 9.10. The van der Waals surface area contributed by atoms with E-state index in [-0.39, 0.29) is 23.7 Å². The number of ketones is 1. The highest BCUT2D eigenvalue weighted by Crippen LogP contribution is 2.27. The van der Waals surface area contributed by atoms with Crippen LogP contribution in [0.4, 0.5) is 0 Å². The van der Waals surface area contributed by atoms with E-state index in [1.54, 1.807) is 0 Å². The number of rotatable bonds is 7. The molecule has 0 spiro atoms. The van der Waals surface area contributed by atoms with Gasteiger partial charge in [-0.15, -0.1) is 0 Å². The molecule has 0 heterocycles. The number of methoxy groups -OCH3 is 1. The van der Waals surface area contributed by atoms with Crippen molar-refractivity contribution in [2.45, 2.75) is 51.0 Å². The fraction of sp³-hybridized carbons (Fsp3) is 0.643. The molecule has 1 atom stereocenters. The van der Waals surface area contributed by atoms with Gasteiger partial charge in [-0.3, -0.25) is 9.59 Å². The van der Waals surface area contributed by atoms with E-state index in [0.717, 1.165) is 25.7 Å². The molecule has 0 aromatic rings. The summed E-state index contributed by atoms with van der Waals surface area (Å²) in [6.07, 6.45) is 3.43. The van der Waals surface area contributed by atoms with Gasteiger partial charge < -0.3 is 9.84 Å². The molecule has 0 aromatic heterocycles. The topological polar surface area (TPSA) is 87.4 Å². The molecule has 5 nitrogen and oxygen atoms in total. The SMILES string of the molecule is COC(=O)CCCCCCC1=C(C#N)C(O)CC1=O. The number of hydrogen-bond acceptors (Lipinski definition) is 5. The molecule has 0 saturated carbocycles. The number of Topliss-reactive ketones (excluding diaryl/α,β-unsaturated/α-hetero) is 1. The Balaban J connectivity index is 2.26. The predicted molar refractivity (Wildman–Crippen MR) is 68.0 cm³/mol. The number of esters is 1. The molecular formula is C14H19NO4. The Hall–Kier alpha value is -1.67. The van der Waals surface area contributed by atoms with Gasteiger partial charge in [0.15, 0.2) is 5.78 Å². The Morgan fingerprint density at radius 1 is 1.42 bits per heavy atom. The summed E-state index contributed by atoms with van der Waals surface area (Å²) in [6, 6.07) is 1.92. The molecule has 1 N–H and O–H groups in total. The fourth-order valence-corrected chi connectivity index (χ4v) is 2.20. The molecule has 5 heteroatoms. The summed E-state index contributed by atoms with van der Waals surface area (Å²) in [5, 5.41) is 18.4. The van der Waals surface area contributed by atoms with Gasteiger partial charge in [-0.2, -0.15) is 5.26 Å². The Morgan fingerprint density at radius 3 is 2.74 bits per heavy atom. The molecular weight excluding hydrogens is 246 g/mol. The van der Waals surface area contributed by atoms with Crippen LogP contribution in [0.2, 0.25) is 0 Å². The van der Waals surface area contributed by atoms with Crippen molar-refractivity contribution in [1.29, 1.82) is 5.26 Å². The number of allylic oxidation sites excluding steroid dienone is 1. The third kappa shape index (κ3) is 4.49. The van der Waals surface area contributed by atoms with Gasteiger partial charge in [0.2, 0.25) is 0 Å². The Labute approximate surface area is 112 Å². The summed E-state index contributed by atoms with van der Waals surface area (Å²) in [7, 11) is 1.37. The van der Waals surface area contributed by atoms with Gasteiger partial charge in [-0.05, 0) is 19.3 Å². The molecule has 1 aliphatic rings. The zero-order chi connectivity index (χ0) is 14.3. The van der Waals surface area contributed by atoms with Crippen molar-refractivity contribution >= 4 is 11.8 Å². The van der Waals surface area contributed by atoms with Gasteiger partial charge in [0.25, 0.3) is 0 Å². The van der Waals surface area contributed by atoms with Gasteiger partial charge >= 0.3 is 5.97 Å².